The van der Waals surface area contributed by atoms with Crippen molar-refractivity contribution < 1.29 is 27.4 Å². The number of hydrogen-bond acceptors (Lipinski definition) is 3. The molecular weight excluding hydrogens is 347 g/mol. The molecule has 0 spiro atoms. The summed E-state index contributed by atoms with van der Waals surface area (Å²) in [6, 6.07) is 11.8. The van der Waals surface area contributed by atoms with Crippen LogP contribution in [0.4, 0.5) is 18.9 Å². The van der Waals surface area contributed by atoms with Crippen molar-refractivity contribution in [2.45, 2.75) is 25.9 Å². The van der Waals surface area contributed by atoms with Crippen LogP contribution in [0.2, 0.25) is 0 Å². The highest BCUT2D eigenvalue weighted by molar-refractivity contribution is 5.90. The molecule has 0 radical (unpaired) electrons. The number of hydrogen-bond donors (Lipinski definition) is 1. The molecule has 0 unspecified atom stereocenters. The zero-order valence-electron chi connectivity index (χ0n) is 14.3. The predicted octanol–water partition coefficient (Wildman–Crippen LogP) is 4.90. The van der Waals surface area contributed by atoms with Crippen LogP contribution in [0.1, 0.15) is 25.3 Å². The van der Waals surface area contributed by atoms with Crippen molar-refractivity contribution in [1.82, 2.24) is 0 Å². The minimum Gasteiger partial charge on any atom is -0.490 e. The van der Waals surface area contributed by atoms with E-state index in [9.17, 15) is 18.0 Å². The topological polar surface area (TPSA) is 47.6 Å². The molecule has 26 heavy (non-hydrogen) atoms. The van der Waals surface area contributed by atoms with Gasteiger partial charge in [-0.05, 0) is 43.7 Å². The first kappa shape index (κ1) is 19.6. The fourth-order valence-electron chi connectivity index (χ4n) is 2.26. The lowest BCUT2D eigenvalue weighted by Gasteiger charge is -2.12. The Morgan fingerprint density at radius 1 is 1.04 bits per heavy atom. The van der Waals surface area contributed by atoms with E-state index in [2.05, 4.69) is 5.32 Å². The molecule has 2 aromatic rings. The van der Waals surface area contributed by atoms with E-state index in [-0.39, 0.29) is 18.0 Å². The number of rotatable bonds is 8. The third kappa shape index (κ3) is 5.98. The maximum atomic E-state index is 12.7. The summed E-state index contributed by atoms with van der Waals surface area (Å²) in [5.41, 5.74) is -0.682. The third-order valence-corrected chi connectivity index (χ3v) is 3.43. The Morgan fingerprint density at radius 3 is 2.38 bits per heavy atom. The lowest BCUT2D eigenvalue weighted by atomic mass is 10.2. The summed E-state index contributed by atoms with van der Waals surface area (Å²) in [7, 11) is 0. The summed E-state index contributed by atoms with van der Waals surface area (Å²) in [4.78, 5) is 11.9. The Bertz CT molecular complexity index is 732. The molecule has 0 aromatic heterocycles. The summed E-state index contributed by atoms with van der Waals surface area (Å²) >= 11 is 0. The standard InChI is InChI=1S/C19H20F3NO3/c1-2-25-16-9-3-4-10-17(16)26-12-6-11-18(24)23-15-8-5-7-14(13-15)19(20,21)22/h3-5,7-10,13H,2,6,11-12H2,1H3,(H,23,24). The number of halogens is 3. The van der Waals surface area contributed by atoms with Gasteiger partial charge in [-0.15, -0.1) is 0 Å². The molecule has 2 aromatic carbocycles. The van der Waals surface area contributed by atoms with Crippen LogP contribution in [0.15, 0.2) is 48.5 Å². The molecule has 2 rings (SSSR count). The molecule has 0 saturated heterocycles. The van der Waals surface area contributed by atoms with Crippen molar-refractivity contribution in [1.29, 1.82) is 0 Å². The van der Waals surface area contributed by atoms with Crippen molar-refractivity contribution in [3.05, 3.63) is 54.1 Å². The summed E-state index contributed by atoms with van der Waals surface area (Å²) in [5, 5.41) is 2.47. The van der Waals surface area contributed by atoms with Gasteiger partial charge >= 0.3 is 6.18 Å². The van der Waals surface area contributed by atoms with Crippen LogP contribution in [-0.2, 0) is 11.0 Å². The Balaban J connectivity index is 1.79. The summed E-state index contributed by atoms with van der Waals surface area (Å²) in [5.74, 6) is 0.849. The van der Waals surface area contributed by atoms with E-state index in [4.69, 9.17) is 9.47 Å². The summed E-state index contributed by atoms with van der Waals surface area (Å²) < 4.78 is 49.0. The molecule has 0 atom stereocenters. The van der Waals surface area contributed by atoms with Crippen LogP contribution in [0, 0.1) is 0 Å². The van der Waals surface area contributed by atoms with Gasteiger partial charge in [0.05, 0.1) is 18.8 Å². The molecule has 0 saturated carbocycles. The van der Waals surface area contributed by atoms with Crippen molar-refractivity contribution in [2.24, 2.45) is 0 Å². The molecule has 1 N–H and O–H groups in total. The van der Waals surface area contributed by atoms with Gasteiger partial charge in [-0.3, -0.25) is 4.79 Å². The molecule has 0 heterocycles. The van der Waals surface area contributed by atoms with Gasteiger partial charge in [-0.1, -0.05) is 18.2 Å². The lowest BCUT2D eigenvalue weighted by molar-refractivity contribution is -0.137. The number of carbonyl (C=O) groups is 1. The van der Waals surface area contributed by atoms with Gasteiger partial charge in [0.25, 0.3) is 0 Å². The van der Waals surface area contributed by atoms with Crippen LogP contribution in [0.5, 0.6) is 11.5 Å². The number of alkyl halides is 3. The highest BCUT2D eigenvalue weighted by atomic mass is 19.4. The number of nitrogens with one attached hydrogen (secondary N) is 1. The van der Waals surface area contributed by atoms with E-state index in [0.29, 0.717) is 31.1 Å². The van der Waals surface area contributed by atoms with E-state index in [1.165, 1.54) is 12.1 Å². The van der Waals surface area contributed by atoms with Crippen molar-refractivity contribution in [3.63, 3.8) is 0 Å². The minimum absolute atomic E-state index is 0.118. The lowest BCUT2D eigenvalue weighted by Crippen LogP contribution is -2.14. The molecule has 0 fully saturated rings. The molecular formula is C19H20F3NO3. The largest absolute Gasteiger partial charge is 0.490 e. The normalized spacial score (nSPS) is 11.1. The minimum atomic E-state index is -4.44. The molecule has 0 aliphatic rings. The Hall–Kier alpha value is -2.70. The van der Waals surface area contributed by atoms with Crippen molar-refractivity contribution in [3.8, 4) is 11.5 Å². The van der Waals surface area contributed by atoms with Crippen molar-refractivity contribution >= 4 is 11.6 Å². The van der Waals surface area contributed by atoms with Crippen LogP contribution in [0.3, 0.4) is 0 Å². The molecule has 140 valence electrons. The van der Waals surface area contributed by atoms with Crippen LogP contribution in [0.25, 0.3) is 0 Å². The van der Waals surface area contributed by atoms with Gasteiger partial charge in [0.1, 0.15) is 0 Å². The fourth-order valence-corrected chi connectivity index (χ4v) is 2.26. The zero-order chi connectivity index (χ0) is 19.0. The Kier molecular flexibility index (Phi) is 6.89. The Morgan fingerprint density at radius 2 is 1.73 bits per heavy atom. The van der Waals surface area contributed by atoms with Crippen molar-refractivity contribution in [2.75, 3.05) is 18.5 Å². The second-order valence-electron chi connectivity index (χ2n) is 5.46. The van der Waals surface area contributed by atoms with Gasteiger partial charge in [-0.2, -0.15) is 13.2 Å². The summed E-state index contributed by atoms with van der Waals surface area (Å²) in [6.45, 7) is 2.68. The molecule has 0 aliphatic carbocycles. The van der Waals surface area contributed by atoms with Crippen LogP contribution >= 0.6 is 0 Å². The van der Waals surface area contributed by atoms with Gasteiger partial charge in [0.2, 0.25) is 5.91 Å². The van der Waals surface area contributed by atoms with Gasteiger partial charge in [0, 0.05) is 12.1 Å². The number of ether oxygens (including phenoxy) is 2. The monoisotopic (exact) mass is 367 g/mol. The SMILES string of the molecule is CCOc1ccccc1OCCCC(=O)Nc1cccc(C(F)(F)F)c1. The quantitative estimate of drug-likeness (QED) is 0.675. The maximum absolute atomic E-state index is 12.7. The first-order valence-corrected chi connectivity index (χ1v) is 8.22. The molecule has 0 bridgehead atoms. The van der Waals surface area contributed by atoms with Crippen LogP contribution < -0.4 is 14.8 Å². The fraction of sp³-hybridized carbons (Fsp3) is 0.316. The van der Waals surface area contributed by atoms with E-state index in [0.717, 1.165) is 12.1 Å². The number of para-hydroxylation sites is 2. The first-order valence-electron chi connectivity index (χ1n) is 8.22. The number of anilines is 1. The third-order valence-electron chi connectivity index (χ3n) is 3.43. The van der Waals surface area contributed by atoms with E-state index in [1.54, 1.807) is 12.1 Å². The zero-order valence-corrected chi connectivity index (χ0v) is 14.3. The van der Waals surface area contributed by atoms with Gasteiger partial charge < -0.3 is 14.8 Å². The smallest absolute Gasteiger partial charge is 0.416 e. The second-order valence-corrected chi connectivity index (χ2v) is 5.46. The molecule has 4 nitrogen and oxygen atoms in total. The number of amides is 1. The highest BCUT2D eigenvalue weighted by Crippen LogP contribution is 2.30. The summed E-state index contributed by atoms with van der Waals surface area (Å²) in [6.07, 6.45) is -3.89. The average molecular weight is 367 g/mol. The number of carbonyl (C=O) groups excluding carboxylic acids is 1. The second kappa shape index (κ2) is 9.12. The average Bonchev–Trinajstić information content (AvgIpc) is 2.60. The molecule has 1 amide bonds. The predicted molar refractivity (Wildman–Crippen MR) is 92.4 cm³/mol. The molecule has 0 aliphatic heterocycles. The Labute approximate surface area is 149 Å². The highest BCUT2D eigenvalue weighted by Gasteiger charge is 2.30. The van der Waals surface area contributed by atoms with Gasteiger partial charge in [0.15, 0.2) is 11.5 Å². The number of benzene rings is 2. The molecule has 7 heteroatoms. The van der Waals surface area contributed by atoms with E-state index in [1.807, 2.05) is 19.1 Å². The maximum Gasteiger partial charge on any atom is 0.416 e. The first-order chi connectivity index (χ1) is 12.4. The van der Waals surface area contributed by atoms with E-state index < -0.39 is 11.7 Å². The van der Waals surface area contributed by atoms with E-state index >= 15 is 0 Å². The van der Waals surface area contributed by atoms with Gasteiger partial charge in [-0.25, -0.2) is 0 Å². The van der Waals surface area contributed by atoms with Crippen LogP contribution in [-0.4, -0.2) is 19.1 Å².